The smallest absolute Gasteiger partial charge is 0.387 e. The molecule has 0 radical (unpaired) electrons. The van der Waals surface area contributed by atoms with Gasteiger partial charge in [-0.3, -0.25) is 4.79 Å². The molecule has 0 spiro atoms. The summed E-state index contributed by atoms with van der Waals surface area (Å²) in [5, 5.41) is 3.37. The fourth-order valence-electron chi connectivity index (χ4n) is 3.81. The number of nitrogens with one attached hydrogen (secondary N) is 1. The highest BCUT2D eigenvalue weighted by molar-refractivity contribution is 5.95. The molecule has 2 aliphatic rings. The van der Waals surface area contributed by atoms with Crippen LogP contribution in [0.25, 0.3) is 0 Å². The molecule has 1 aromatic rings. The van der Waals surface area contributed by atoms with Gasteiger partial charge in [-0.15, -0.1) is 0 Å². The minimum atomic E-state index is -2.86. The van der Waals surface area contributed by atoms with Crippen LogP contribution in [-0.4, -0.2) is 42.6 Å². The fraction of sp³-hybridized carbons (Fsp3) is 0.588. The van der Waals surface area contributed by atoms with Gasteiger partial charge in [-0.05, 0) is 62.9 Å². The number of benzene rings is 1. The van der Waals surface area contributed by atoms with Crippen LogP contribution in [0.1, 0.15) is 40.7 Å². The molecule has 23 heavy (non-hydrogen) atoms. The molecular formula is C17H22F2N2O2. The SMILES string of the molecule is Cc1cc(C(=O)N2C3CCNCC2CC3)cc(C)c1OC(F)F. The van der Waals surface area contributed by atoms with Crippen molar-refractivity contribution in [1.29, 1.82) is 0 Å². The first-order chi connectivity index (χ1) is 11.0. The molecule has 1 amide bonds. The molecule has 2 unspecified atom stereocenters. The molecule has 2 bridgehead atoms. The summed E-state index contributed by atoms with van der Waals surface area (Å²) in [6, 6.07) is 3.82. The molecule has 1 aromatic carbocycles. The van der Waals surface area contributed by atoms with E-state index in [2.05, 4.69) is 10.1 Å². The Morgan fingerprint density at radius 2 is 1.87 bits per heavy atom. The number of aryl methyl sites for hydroxylation is 2. The third-order valence-electron chi connectivity index (χ3n) is 4.80. The van der Waals surface area contributed by atoms with Gasteiger partial charge in [0, 0.05) is 24.2 Å². The number of fused-ring (bicyclic) bond motifs is 2. The Morgan fingerprint density at radius 3 is 2.52 bits per heavy atom. The summed E-state index contributed by atoms with van der Waals surface area (Å²) >= 11 is 0. The average Bonchev–Trinajstić information content (AvgIpc) is 2.74. The molecule has 0 aliphatic carbocycles. The molecule has 2 atom stereocenters. The van der Waals surface area contributed by atoms with Crippen LogP contribution in [0.3, 0.4) is 0 Å². The second-order valence-electron chi connectivity index (χ2n) is 6.41. The Balaban J connectivity index is 1.88. The predicted octanol–water partition coefficient (Wildman–Crippen LogP) is 2.87. The predicted molar refractivity (Wildman–Crippen MR) is 83.0 cm³/mol. The number of carbonyl (C=O) groups excluding carboxylic acids is 1. The topological polar surface area (TPSA) is 41.6 Å². The summed E-state index contributed by atoms with van der Waals surface area (Å²) in [6.45, 7) is 2.29. The number of rotatable bonds is 3. The van der Waals surface area contributed by atoms with Crippen molar-refractivity contribution >= 4 is 5.91 Å². The van der Waals surface area contributed by atoms with E-state index in [1.54, 1.807) is 26.0 Å². The Hall–Kier alpha value is -1.69. The van der Waals surface area contributed by atoms with Gasteiger partial charge in [0.15, 0.2) is 0 Å². The summed E-state index contributed by atoms with van der Waals surface area (Å²) in [5.41, 5.74) is 1.68. The average molecular weight is 324 g/mol. The number of hydrogen-bond acceptors (Lipinski definition) is 3. The van der Waals surface area contributed by atoms with Crippen molar-refractivity contribution in [1.82, 2.24) is 10.2 Å². The van der Waals surface area contributed by atoms with Gasteiger partial charge in [-0.2, -0.15) is 8.78 Å². The Morgan fingerprint density at radius 1 is 1.22 bits per heavy atom. The summed E-state index contributed by atoms with van der Waals surface area (Å²) in [4.78, 5) is 14.9. The van der Waals surface area contributed by atoms with Crippen molar-refractivity contribution in [2.75, 3.05) is 13.1 Å². The molecule has 2 aliphatic heterocycles. The fourth-order valence-corrected chi connectivity index (χ4v) is 3.81. The molecule has 2 saturated heterocycles. The first-order valence-electron chi connectivity index (χ1n) is 8.07. The van der Waals surface area contributed by atoms with Gasteiger partial charge in [0.1, 0.15) is 5.75 Å². The lowest BCUT2D eigenvalue weighted by molar-refractivity contribution is -0.0507. The number of alkyl halides is 2. The Bertz CT molecular complexity index is 569. The first kappa shape index (κ1) is 16.2. The zero-order valence-electron chi connectivity index (χ0n) is 13.4. The summed E-state index contributed by atoms with van der Waals surface area (Å²) in [6.07, 6.45) is 3.03. The Kier molecular flexibility index (Phi) is 4.53. The van der Waals surface area contributed by atoms with E-state index in [0.717, 1.165) is 32.4 Å². The highest BCUT2D eigenvalue weighted by Crippen LogP contribution is 2.32. The number of amides is 1. The lowest BCUT2D eigenvalue weighted by atomic mass is 10.0. The van der Waals surface area contributed by atoms with Gasteiger partial charge in [0.25, 0.3) is 5.91 Å². The van der Waals surface area contributed by atoms with Crippen molar-refractivity contribution in [3.05, 3.63) is 28.8 Å². The molecular weight excluding hydrogens is 302 g/mol. The van der Waals surface area contributed by atoms with E-state index >= 15 is 0 Å². The van der Waals surface area contributed by atoms with Crippen molar-refractivity contribution < 1.29 is 18.3 Å². The summed E-state index contributed by atoms with van der Waals surface area (Å²) in [7, 11) is 0. The highest BCUT2D eigenvalue weighted by atomic mass is 19.3. The molecule has 4 nitrogen and oxygen atoms in total. The Labute approximate surface area is 134 Å². The quantitative estimate of drug-likeness (QED) is 0.929. The lowest BCUT2D eigenvalue weighted by Gasteiger charge is -2.28. The van der Waals surface area contributed by atoms with Gasteiger partial charge < -0.3 is 15.0 Å². The number of carbonyl (C=O) groups is 1. The third-order valence-corrected chi connectivity index (χ3v) is 4.80. The van der Waals surface area contributed by atoms with Crippen LogP contribution in [-0.2, 0) is 0 Å². The van der Waals surface area contributed by atoms with Crippen LogP contribution in [0, 0.1) is 13.8 Å². The molecule has 2 heterocycles. The van der Waals surface area contributed by atoms with Crippen molar-refractivity contribution in [2.24, 2.45) is 0 Å². The zero-order valence-corrected chi connectivity index (χ0v) is 13.4. The lowest BCUT2D eigenvalue weighted by Crippen LogP contribution is -2.42. The van der Waals surface area contributed by atoms with Crippen LogP contribution in [0.4, 0.5) is 8.78 Å². The molecule has 6 heteroatoms. The van der Waals surface area contributed by atoms with Gasteiger partial charge in [-0.1, -0.05) is 0 Å². The molecule has 3 rings (SSSR count). The van der Waals surface area contributed by atoms with E-state index in [4.69, 9.17) is 0 Å². The standard InChI is InChI=1S/C17H22F2N2O2/c1-10-7-12(8-11(2)15(10)23-17(18)19)16(22)21-13-3-4-14(21)9-20-6-5-13/h7-8,13-14,17,20H,3-6,9H2,1-2H3. The van der Waals surface area contributed by atoms with Crippen LogP contribution in [0.2, 0.25) is 0 Å². The molecule has 0 aromatic heterocycles. The maximum Gasteiger partial charge on any atom is 0.387 e. The van der Waals surface area contributed by atoms with Crippen LogP contribution in [0.15, 0.2) is 12.1 Å². The van der Waals surface area contributed by atoms with E-state index in [9.17, 15) is 13.6 Å². The van der Waals surface area contributed by atoms with E-state index < -0.39 is 6.61 Å². The highest BCUT2D eigenvalue weighted by Gasteiger charge is 2.38. The van der Waals surface area contributed by atoms with E-state index in [1.807, 2.05) is 4.90 Å². The number of halogens is 2. The van der Waals surface area contributed by atoms with Gasteiger partial charge in [0.2, 0.25) is 0 Å². The van der Waals surface area contributed by atoms with E-state index in [1.165, 1.54) is 0 Å². The molecule has 0 saturated carbocycles. The van der Waals surface area contributed by atoms with Crippen LogP contribution < -0.4 is 10.1 Å². The summed E-state index contributed by atoms with van der Waals surface area (Å²) in [5.74, 6) is 0.160. The zero-order chi connectivity index (χ0) is 16.6. The largest absolute Gasteiger partial charge is 0.434 e. The van der Waals surface area contributed by atoms with Crippen LogP contribution >= 0.6 is 0 Å². The third kappa shape index (κ3) is 3.17. The molecule has 1 N–H and O–H groups in total. The monoisotopic (exact) mass is 324 g/mol. The van der Waals surface area contributed by atoms with Gasteiger partial charge in [0.05, 0.1) is 0 Å². The number of nitrogens with zero attached hydrogens (tertiary/aromatic N) is 1. The van der Waals surface area contributed by atoms with Crippen LogP contribution in [0.5, 0.6) is 5.75 Å². The van der Waals surface area contributed by atoms with Gasteiger partial charge in [-0.25, -0.2) is 0 Å². The first-order valence-corrected chi connectivity index (χ1v) is 8.07. The maximum absolute atomic E-state index is 13.0. The van der Waals surface area contributed by atoms with Crippen molar-refractivity contribution in [2.45, 2.75) is 51.8 Å². The van der Waals surface area contributed by atoms with E-state index in [-0.39, 0.29) is 23.7 Å². The minimum absolute atomic E-state index is 0.00371. The van der Waals surface area contributed by atoms with E-state index in [0.29, 0.717) is 16.7 Å². The number of ether oxygens (including phenoxy) is 1. The number of hydrogen-bond donors (Lipinski definition) is 1. The minimum Gasteiger partial charge on any atom is -0.434 e. The second-order valence-corrected chi connectivity index (χ2v) is 6.41. The molecule has 126 valence electrons. The van der Waals surface area contributed by atoms with Crippen molar-refractivity contribution in [3.63, 3.8) is 0 Å². The summed E-state index contributed by atoms with van der Waals surface area (Å²) < 4.78 is 29.5. The van der Waals surface area contributed by atoms with Gasteiger partial charge >= 0.3 is 6.61 Å². The maximum atomic E-state index is 13.0. The second kappa shape index (κ2) is 6.43. The normalized spacial score (nSPS) is 24.0. The van der Waals surface area contributed by atoms with Crippen molar-refractivity contribution in [3.8, 4) is 5.75 Å². The molecule has 2 fully saturated rings.